The second-order valence-electron chi connectivity index (χ2n) is 10.7. The van der Waals surface area contributed by atoms with Crippen LogP contribution in [0.15, 0.2) is 30.3 Å². The van der Waals surface area contributed by atoms with Crippen LogP contribution in [0.3, 0.4) is 0 Å². The Bertz CT molecular complexity index is 1100. The third-order valence-electron chi connectivity index (χ3n) is 7.83. The molecule has 1 saturated carbocycles. The molecule has 3 N–H and O–H groups in total. The molecule has 1 amide bonds. The number of carbonyl (C=O) groups excluding carboxylic acids is 1. The van der Waals surface area contributed by atoms with Crippen molar-refractivity contribution in [1.29, 1.82) is 5.26 Å². The van der Waals surface area contributed by atoms with E-state index in [-0.39, 0.29) is 11.8 Å². The number of rotatable bonds is 6. The van der Waals surface area contributed by atoms with Crippen LogP contribution in [0.25, 0.3) is 0 Å². The van der Waals surface area contributed by atoms with Gasteiger partial charge in [-0.3, -0.25) is 4.79 Å². The van der Waals surface area contributed by atoms with E-state index in [4.69, 9.17) is 27.3 Å². The average Bonchev–Trinajstić information content (AvgIpc) is 2.96. The van der Waals surface area contributed by atoms with E-state index in [9.17, 15) is 9.90 Å². The van der Waals surface area contributed by atoms with Crippen LogP contribution in [0.1, 0.15) is 73.8 Å². The van der Waals surface area contributed by atoms with Crippen molar-refractivity contribution in [3.05, 3.63) is 46.6 Å². The quantitative estimate of drug-likeness (QED) is 0.544. The number of amides is 1. The van der Waals surface area contributed by atoms with Gasteiger partial charge in [-0.25, -0.2) is 0 Å². The number of halogens is 1. The maximum Gasteiger partial charge on any atom is 0.269 e. The van der Waals surface area contributed by atoms with Gasteiger partial charge in [0.25, 0.3) is 5.91 Å². The maximum absolute atomic E-state index is 11.0. The molecule has 0 atom stereocenters. The highest BCUT2D eigenvalue weighted by Gasteiger charge is 2.25. The van der Waals surface area contributed by atoms with Crippen LogP contribution in [-0.4, -0.2) is 71.0 Å². The summed E-state index contributed by atoms with van der Waals surface area (Å²) >= 11 is 5.94. The van der Waals surface area contributed by atoms with Crippen molar-refractivity contribution in [2.24, 2.45) is 11.7 Å². The van der Waals surface area contributed by atoms with Crippen LogP contribution in [0, 0.1) is 17.2 Å². The zero-order chi connectivity index (χ0) is 27.6. The lowest BCUT2D eigenvalue weighted by molar-refractivity contribution is 0.0723. The van der Waals surface area contributed by atoms with Gasteiger partial charge in [0, 0.05) is 38.8 Å². The SMILES string of the molecule is N#Cc1ccc(OC2CCCCC2)cc1Cl.NC(=O)c1ccc(N2CCC(CN3CCC(O)CC3)CC2)nn1. The highest BCUT2D eigenvalue weighted by Crippen LogP contribution is 2.27. The van der Waals surface area contributed by atoms with Gasteiger partial charge in [-0.1, -0.05) is 18.0 Å². The average molecular weight is 555 g/mol. The number of nitrogens with zero attached hydrogens (tertiary/aromatic N) is 5. The minimum atomic E-state index is -0.547. The molecule has 1 aliphatic carbocycles. The summed E-state index contributed by atoms with van der Waals surface area (Å²) in [5, 5.41) is 26.8. The van der Waals surface area contributed by atoms with E-state index in [2.05, 4.69) is 20.0 Å². The van der Waals surface area contributed by atoms with Gasteiger partial charge in [0.2, 0.25) is 0 Å². The Hall–Kier alpha value is -2.93. The highest BCUT2D eigenvalue weighted by molar-refractivity contribution is 6.31. The molecule has 210 valence electrons. The molecule has 3 aliphatic rings. The fraction of sp³-hybridized carbons (Fsp3) is 0.586. The minimum absolute atomic E-state index is 0.102. The van der Waals surface area contributed by atoms with Gasteiger partial charge in [0.1, 0.15) is 11.8 Å². The summed E-state index contributed by atoms with van der Waals surface area (Å²) in [6, 6.07) is 10.8. The van der Waals surface area contributed by atoms with Crippen molar-refractivity contribution >= 4 is 23.3 Å². The lowest BCUT2D eigenvalue weighted by Crippen LogP contribution is -2.42. The molecule has 39 heavy (non-hydrogen) atoms. The molecule has 0 unspecified atom stereocenters. The fourth-order valence-electron chi connectivity index (χ4n) is 5.47. The van der Waals surface area contributed by atoms with Gasteiger partial charge in [-0.05, 0) is 81.5 Å². The van der Waals surface area contributed by atoms with E-state index >= 15 is 0 Å². The molecule has 9 nitrogen and oxygen atoms in total. The summed E-state index contributed by atoms with van der Waals surface area (Å²) in [4.78, 5) is 15.7. The molecule has 0 spiro atoms. The molecule has 3 fully saturated rings. The molecule has 0 bridgehead atoms. The molecule has 2 saturated heterocycles. The van der Waals surface area contributed by atoms with Crippen LogP contribution < -0.4 is 15.4 Å². The van der Waals surface area contributed by atoms with E-state index in [1.54, 1.807) is 18.2 Å². The molecule has 2 aromatic rings. The Morgan fingerprint density at radius 1 is 1.03 bits per heavy atom. The normalized spacial score (nSPS) is 19.6. The van der Waals surface area contributed by atoms with Gasteiger partial charge in [0.15, 0.2) is 11.5 Å². The number of hydrogen-bond acceptors (Lipinski definition) is 8. The maximum atomic E-state index is 11.0. The molecular formula is C29H39ClN6O3. The summed E-state index contributed by atoms with van der Waals surface area (Å²) in [5.74, 6) is 1.75. The second kappa shape index (κ2) is 14.5. The Morgan fingerprint density at radius 3 is 2.33 bits per heavy atom. The molecule has 2 aliphatic heterocycles. The molecule has 0 radical (unpaired) electrons. The van der Waals surface area contributed by atoms with E-state index in [1.807, 2.05) is 18.2 Å². The van der Waals surface area contributed by atoms with Crippen molar-refractivity contribution in [3.63, 3.8) is 0 Å². The van der Waals surface area contributed by atoms with Gasteiger partial charge < -0.3 is 25.4 Å². The number of ether oxygens (including phenoxy) is 1. The largest absolute Gasteiger partial charge is 0.490 e. The van der Waals surface area contributed by atoms with Crippen molar-refractivity contribution in [1.82, 2.24) is 15.1 Å². The van der Waals surface area contributed by atoms with E-state index in [0.717, 1.165) is 82.8 Å². The third-order valence-corrected chi connectivity index (χ3v) is 8.14. The number of primary amides is 1. The molecule has 1 aromatic carbocycles. The number of aliphatic hydroxyl groups is 1. The zero-order valence-electron chi connectivity index (χ0n) is 22.5. The Morgan fingerprint density at radius 2 is 1.74 bits per heavy atom. The van der Waals surface area contributed by atoms with Crippen LogP contribution >= 0.6 is 11.6 Å². The van der Waals surface area contributed by atoms with E-state index in [0.29, 0.717) is 22.6 Å². The number of benzene rings is 1. The zero-order valence-corrected chi connectivity index (χ0v) is 23.2. The number of piperidine rings is 2. The third kappa shape index (κ3) is 8.79. The monoisotopic (exact) mass is 554 g/mol. The van der Waals surface area contributed by atoms with Crippen molar-refractivity contribution in [3.8, 4) is 11.8 Å². The van der Waals surface area contributed by atoms with Gasteiger partial charge in [-0.2, -0.15) is 5.26 Å². The number of aromatic nitrogens is 2. The molecule has 10 heteroatoms. The Balaban J connectivity index is 0.000000193. The van der Waals surface area contributed by atoms with Crippen LogP contribution in [0.5, 0.6) is 5.75 Å². The topological polar surface area (TPSA) is 129 Å². The van der Waals surface area contributed by atoms with Crippen molar-refractivity contribution < 1.29 is 14.6 Å². The molecular weight excluding hydrogens is 516 g/mol. The first-order chi connectivity index (χ1) is 18.9. The number of aliphatic hydroxyl groups excluding tert-OH is 1. The lowest BCUT2D eigenvalue weighted by atomic mass is 9.95. The van der Waals surface area contributed by atoms with E-state index < -0.39 is 5.91 Å². The Labute approximate surface area is 235 Å². The smallest absolute Gasteiger partial charge is 0.269 e. The highest BCUT2D eigenvalue weighted by atomic mass is 35.5. The second-order valence-corrected chi connectivity index (χ2v) is 11.1. The first kappa shape index (κ1) is 29.1. The van der Waals surface area contributed by atoms with Crippen LogP contribution in [0.4, 0.5) is 5.82 Å². The van der Waals surface area contributed by atoms with Crippen LogP contribution in [0.2, 0.25) is 5.02 Å². The van der Waals surface area contributed by atoms with Crippen molar-refractivity contribution in [2.45, 2.75) is 70.0 Å². The number of carbonyl (C=O) groups is 1. The molecule has 1 aromatic heterocycles. The van der Waals surface area contributed by atoms with Gasteiger partial charge in [-0.15, -0.1) is 10.2 Å². The summed E-state index contributed by atoms with van der Waals surface area (Å²) in [6.07, 6.45) is 10.3. The number of nitrogens with two attached hydrogens (primary N) is 1. The number of nitriles is 1. The summed E-state index contributed by atoms with van der Waals surface area (Å²) < 4.78 is 5.84. The summed E-state index contributed by atoms with van der Waals surface area (Å²) in [5.41, 5.74) is 5.88. The molecule has 3 heterocycles. The van der Waals surface area contributed by atoms with Crippen LogP contribution in [-0.2, 0) is 0 Å². The summed E-state index contributed by atoms with van der Waals surface area (Å²) in [6.45, 7) is 5.09. The Kier molecular flexibility index (Phi) is 10.8. The molecule has 5 rings (SSSR count). The summed E-state index contributed by atoms with van der Waals surface area (Å²) in [7, 11) is 0. The van der Waals surface area contributed by atoms with Crippen molar-refractivity contribution in [2.75, 3.05) is 37.6 Å². The first-order valence-electron chi connectivity index (χ1n) is 14.1. The van der Waals surface area contributed by atoms with E-state index in [1.165, 1.54) is 19.3 Å². The van der Waals surface area contributed by atoms with Gasteiger partial charge >= 0.3 is 0 Å². The number of anilines is 1. The minimum Gasteiger partial charge on any atom is -0.490 e. The predicted molar refractivity (Wildman–Crippen MR) is 151 cm³/mol. The standard InChI is InChI=1S/C16H25N5O2.C13H14ClNO/c17-16(23)14-1-2-15(19-18-14)21-9-3-12(4-10-21)11-20-7-5-13(22)6-8-20;14-13-8-12(7-6-10(13)9-15)16-11-4-2-1-3-5-11/h1-2,12-13,22H,3-11H2,(H2,17,23);6-8,11H,1-5H2. The fourth-order valence-corrected chi connectivity index (χ4v) is 5.69. The first-order valence-corrected chi connectivity index (χ1v) is 14.4. The number of likely N-dealkylation sites (tertiary alicyclic amines) is 1. The lowest BCUT2D eigenvalue weighted by Gasteiger charge is -2.37. The predicted octanol–water partition coefficient (Wildman–Crippen LogP) is 4.17. The number of hydrogen-bond donors (Lipinski definition) is 2. The van der Waals surface area contributed by atoms with Gasteiger partial charge in [0.05, 0.1) is 22.8 Å².